The summed E-state index contributed by atoms with van der Waals surface area (Å²) >= 11 is 0. The molecule has 2 N–H and O–H groups in total. The van der Waals surface area contributed by atoms with Crippen LogP contribution in [0.2, 0.25) is 0 Å². The minimum atomic E-state index is -0.324. The molecule has 3 rings (SSSR count). The third kappa shape index (κ3) is 3.01. The first-order chi connectivity index (χ1) is 10.1. The predicted octanol–water partition coefficient (Wildman–Crippen LogP) is 2.27. The van der Waals surface area contributed by atoms with Gasteiger partial charge in [-0.05, 0) is 56.1 Å². The summed E-state index contributed by atoms with van der Waals surface area (Å²) in [4.78, 5) is 2.57. The molecule has 2 aliphatic carbocycles. The number of aliphatic hydroxyl groups excluding tert-OH is 2. The second kappa shape index (κ2) is 6.07. The van der Waals surface area contributed by atoms with Crippen LogP contribution in [0.25, 0.3) is 0 Å². The van der Waals surface area contributed by atoms with E-state index in [0.717, 1.165) is 25.9 Å². The Morgan fingerprint density at radius 3 is 2.48 bits per heavy atom. The Morgan fingerprint density at radius 1 is 1.29 bits per heavy atom. The predicted molar refractivity (Wildman–Crippen MR) is 84.9 cm³/mol. The van der Waals surface area contributed by atoms with Crippen LogP contribution < -0.4 is 0 Å². The van der Waals surface area contributed by atoms with Gasteiger partial charge < -0.3 is 10.2 Å². The first-order valence-electron chi connectivity index (χ1n) is 8.23. The molecule has 1 aliphatic heterocycles. The molecule has 0 radical (unpaired) electrons. The molecule has 3 aliphatic rings. The van der Waals surface area contributed by atoms with Gasteiger partial charge in [-0.3, -0.25) is 4.90 Å². The Labute approximate surface area is 127 Å². The van der Waals surface area contributed by atoms with E-state index >= 15 is 0 Å². The van der Waals surface area contributed by atoms with E-state index in [1.165, 1.54) is 11.1 Å². The average molecular weight is 289 g/mol. The van der Waals surface area contributed by atoms with Gasteiger partial charge in [0.25, 0.3) is 0 Å². The fourth-order valence-electron chi connectivity index (χ4n) is 4.29. The fourth-order valence-corrected chi connectivity index (χ4v) is 4.29. The molecule has 3 nitrogen and oxygen atoms in total. The topological polar surface area (TPSA) is 43.7 Å². The van der Waals surface area contributed by atoms with E-state index in [1.54, 1.807) is 0 Å². The van der Waals surface area contributed by atoms with Gasteiger partial charge in [0.1, 0.15) is 0 Å². The van der Waals surface area contributed by atoms with Gasteiger partial charge in [-0.2, -0.15) is 0 Å². The summed E-state index contributed by atoms with van der Waals surface area (Å²) in [7, 11) is 0. The molecule has 1 saturated heterocycles. The Balaban J connectivity index is 1.67. The maximum absolute atomic E-state index is 9.77. The van der Waals surface area contributed by atoms with Gasteiger partial charge in [0, 0.05) is 19.1 Å². The zero-order valence-electron chi connectivity index (χ0n) is 13.1. The molecule has 0 bridgehead atoms. The lowest BCUT2D eigenvalue weighted by atomic mass is 9.93. The normalized spacial score (nSPS) is 38.5. The van der Waals surface area contributed by atoms with E-state index in [0.29, 0.717) is 24.3 Å². The number of fused-ring (bicyclic) bond motifs is 1. The summed E-state index contributed by atoms with van der Waals surface area (Å²) in [6.45, 7) is 6.61. The summed E-state index contributed by atoms with van der Waals surface area (Å²) in [5.41, 5.74) is 2.62. The third-order valence-electron chi connectivity index (χ3n) is 5.47. The van der Waals surface area contributed by atoms with Crippen molar-refractivity contribution in [2.75, 3.05) is 13.1 Å². The molecule has 0 aromatic heterocycles. The van der Waals surface area contributed by atoms with Crippen LogP contribution in [0.15, 0.2) is 35.5 Å². The summed E-state index contributed by atoms with van der Waals surface area (Å²) < 4.78 is 0. The van der Waals surface area contributed by atoms with Crippen molar-refractivity contribution in [2.24, 2.45) is 11.8 Å². The van der Waals surface area contributed by atoms with Crippen molar-refractivity contribution in [3.63, 3.8) is 0 Å². The maximum atomic E-state index is 9.77. The van der Waals surface area contributed by atoms with Crippen LogP contribution in [0, 0.1) is 11.8 Å². The first kappa shape index (κ1) is 15.0. The van der Waals surface area contributed by atoms with Crippen molar-refractivity contribution in [2.45, 2.75) is 51.4 Å². The van der Waals surface area contributed by atoms with Gasteiger partial charge in [-0.15, -0.1) is 0 Å². The lowest BCUT2D eigenvalue weighted by molar-refractivity contribution is 0.158. The minimum Gasteiger partial charge on any atom is -0.393 e. The largest absolute Gasteiger partial charge is 0.393 e. The van der Waals surface area contributed by atoms with Crippen LogP contribution in [0.5, 0.6) is 0 Å². The van der Waals surface area contributed by atoms with Gasteiger partial charge in [0.15, 0.2) is 0 Å². The molecule has 2 fully saturated rings. The van der Waals surface area contributed by atoms with Crippen molar-refractivity contribution < 1.29 is 10.2 Å². The molecule has 3 heteroatoms. The van der Waals surface area contributed by atoms with Crippen molar-refractivity contribution in [3.05, 3.63) is 35.5 Å². The highest BCUT2D eigenvalue weighted by Gasteiger charge is 2.41. The Kier molecular flexibility index (Phi) is 4.34. The zero-order valence-corrected chi connectivity index (χ0v) is 13.1. The Morgan fingerprint density at radius 2 is 1.95 bits per heavy atom. The van der Waals surface area contributed by atoms with E-state index in [9.17, 15) is 10.2 Å². The molecule has 116 valence electrons. The van der Waals surface area contributed by atoms with Crippen molar-refractivity contribution in [1.29, 1.82) is 0 Å². The molecule has 0 aromatic rings. The Bertz CT molecular complexity index is 466. The quantitative estimate of drug-likeness (QED) is 0.837. The number of allylic oxidation sites excluding steroid dienone is 2. The van der Waals surface area contributed by atoms with Gasteiger partial charge in [-0.25, -0.2) is 0 Å². The zero-order chi connectivity index (χ0) is 15.0. The minimum absolute atomic E-state index is 0.0656. The number of aliphatic hydroxyl groups is 2. The van der Waals surface area contributed by atoms with Crippen molar-refractivity contribution >= 4 is 0 Å². The van der Waals surface area contributed by atoms with Crippen LogP contribution in [0.4, 0.5) is 0 Å². The van der Waals surface area contributed by atoms with Gasteiger partial charge >= 0.3 is 0 Å². The van der Waals surface area contributed by atoms with E-state index in [2.05, 4.69) is 37.0 Å². The fraction of sp³-hybridized carbons (Fsp3) is 0.667. The highest BCUT2D eigenvalue weighted by molar-refractivity contribution is 5.44. The highest BCUT2D eigenvalue weighted by atomic mass is 16.3. The first-order valence-corrected chi connectivity index (χ1v) is 8.23. The van der Waals surface area contributed by atoms with E-state index in [1.807, 2.05) is 6.08 Å². The molecule has 1 saturated carbocycles. The van der Waals surface area contributed by atoms with Crippen molar-refractivity contribution in [3.8, 4) is 0 Å². The second-order valence-corrected chi connectivity index (χ2v) is 6.84. The molecule has 1 heterocycles. The number of likely N-dealkylation sites (tertiary alicyclic amines) is 1. The molecular weight excluding hydrogens is 262 g/mol. The molecule has 0 spiro atoms. The van der Waals surface area contributed by atoms with Gasteiger partial charge in [0.05, 0.1) is 12.2 Å². The number of nitrogens with zero attached hydrogens (tertiary/aromatic N) is 1. The summed E-state index contributed by atoms with van der Waals surface area (Å²) in [6, 6.07) is 0.406. The number of hydrogen-bond acceptors (Lipinski definition) is 3. The summed E-state index contributed by atoms with van der Waals surface area (Å²) in [6.07, 6.45) is 10.6. The van der Waals surface area contributed by atoms with Gasteiger partial charge in [0.2, 0.25) is 0 Å². The maximum Gasteiger partial charge on any atom is 0.0758 e. The average Bonchev–Trinajstić information content (AvgIpc) is 2.98. The number of rotatable bonds is 3. The van der Waals surface area contributed by atoms with E-state index in [4.69, 9.17) is 0 Å². The summed E-state index contributed by atoms with van der Waals surface area (Å²) in [5, 5.41) is 19.4. The monoisotopic (exact) mass is 289 g/mol. The summed E-state index contributed by atoms with van der Waals surface area (Å²) in [5.74, 6) is 1.36. The number of hydrogen-bond donors (Lipinski definition) is 2. The lowest BCUT2D eigenvalue weighted by Gasteiger charge is -2.29. The molecule has 5 atom stereocenters. The SMILES string of the molecule is CC=C(C1=CCC(O)C=C1)C(C)N1C[C@H]2CC(O)C[C@H]2C1. The van der Waals surface area contributed by atoms with Gasteiger partial charge in [-0.1, -0.05) is 24.3 Å². The Hall–Kier alpha value is -0.900. The van der Waals surface area contributed by atoms with E-state index in [-0.39, 0.29) is 12.2 Å². The smallest absolute Gasteiger partial charge is 0.0758 e. The molecule has 0 amide bonds. The standard InChI is InChI=1S/C18H27NO2/c1-3-18(13-4-6-16(20)7-5-13)12(2)19-10-14-8-17(21)9-15(14)11-19/h3-6,12,14-17,20-21H,7-11H2,1-2H3/t12?,14-,15+,16?,17?. The van der Waals surface area contributed by atoms with Crippen LogP contribution in [-0.4, -0.2) is 46.5 Å². The second-order valence-electron chi connectivity index (χ2n) is 6.84. The molecular formula is C18H27NO2. The van der Waals surface area contributed by atoms with Crippen LogP contribution >= 0.6 is 0 Å². The van der Waals surface area contributed by atoms with Crippen LogP contribution in [0.3, 0.4) is 0 Å². The van der Waals surface area contributed by atoms with E-state index < -0.39 is 0 Å². The molecule has 3 unspecified atom stereocenters. The van der Waals surface area contributed by atoms with Crippen molar-refractivity contribution in [1.82, 2.24) is 4.90 Å². The molecule has 0 aromatic carbocycles. The van der Waals surface area contributed by atoms with Crippen LogP contribution in [0.1, 0.15) is 33.1 Å². The van der Waals surface area contributed by atoms with Crippen LogP contribution in [-0.2, 0) is 0 Å². The highest BCUT2D eigenvalue weighted by Crippen LogP contribution is 2.40. The third-order valence-corrected chi connectivity index (χ3v) is 5.47. The molecule has 21 heavy (non-hydrogen) atoms. The lowest BCUT2D eigenvalue weighted by Crippen LogP contribution is -2.34.